The zero-order valence-electron chi connectivity index (χ0n) is 7.21. The van der Waals surface area contributed by atoms with Crippen molar-refractivity contribution in [3.63, 3.8) is 0 Å². The number of hydrogen-bond acceptors (Lipinski definition) is 3. The van der Waals surface area contributed by atoms with E-state index < -0.39 is 12.1 Å². The van der Waals surface area contributed by atoms with E-state index in [0.717, 1.165) is 0 Å². The topological polar surface area (TPSA) is 69.6 Å². The summed E-state index contributed by atoms with van der Waals surface area (Å²) in [7, 11) is 0. The zero-order valence-corrected chi connectivity index (χ0v) is 7.21. The Kier molecular flexibility index (Phi) is 5.32. The third-order valence-electron chi connectivity index (χ3n) is 1.49. The first-order chi connectivity index (χ1) is 5.57. The minimum absolute atomic E-state index is 0.110. The first-order valence-corrected chi connectivity index (χ1v) is 3.87. The Morgan fingerprint density at radius 2 is 2.25 bits per heavy atom. The van der Waals surface area contributed by atoms with Crippen LogP contribution in [0.15, 0.2) is 12.2 Å². The molecule has 0 aliphatic rings. The molecule has 0 spiro atoms. The highest BCUT2D eigenvalue weighted by molar-refractivity contribution is 5.86. The van der Waals surface area contributed by atoms with Crippen LogP contribution < -0.4 is 5.32 Å². The molecule has 3 N–H and O–H groups in total. The van der Waals surface area contributed by atoms with Crippen molar-refractivity contribution in [3.05, 3.63) is 12.2 Å². The van der Waals surface area contributed by atoms with Gasteiger partial charge < -0.3 is 15.5 Å². The fourth-order valence-corrected chi connectivity index (χ4v) is 0.610. The summed E-state index contributed by atoms with van der Waals surface area (Å²) in [4.78, 5) is 10.2. The molecular weight excluding hydrogens is 158 g/mol. The number of aliphatic carboxylic acids is 1. The van der Waals surface area contributed by atoms with Crippen LogP contribution in [-0.2, 0) is 4.79 Å². The highest BCUT2D eigenvalue weighted by Crippen LogP contribution is 1.89. The molecule has 0 saturated heterocycles. The second kappa shape index (κ2) is 5.74. The molecule has 4 nitrogen and oxygen atoms in total. The van der Waals surface area contributed by atoms with Crippen molar-refractivity contribution in [2.24, 2.45) is 0 Å². The van der Waals surface area contributed by atoms with E-state index in [-0.39, 0.29) is 12.1 Å². The van der Waals surface area contributed by atoms with Gasteiger partial charge in [-0.3, -0.25) is 0 Å². The molecule has 0 bridgehead atoms. The molecular formula is C8H15NO3. The lowest BCUT2D eigenvalue weighted by Gasteiger charge is -2.08. The third-order valence-corrected chi connectivity index (χ3v) is 1.49. The van der Waals surface area contributed by atoms with E-state index in [1.165, 1.54) is 0 Å². The molecule has 0 amide bonds. The van der Waals surface area contributed by atoms with Gasteiger partial charge in [-0.1, -0.05) is 13.5 Å². The molecule has 0 aromatic carbocycles. The van der Waals surface area contributed by atoms with E-state index in [4.69, 9.17) is 10.2 Å². The molecule has 0 aliphatic carbocycles. The molecule has 1 atom stereocenters. The number of rotatable bonds is 6. The maximum Gasteiger partial charge on any atom is 0.332 e. The summed E-state index contributed by atoms with van der Waals surface area (Å²) in [6.45, 7) is 5.81. The fraction of sp³-hybridized carbons (Fsp3) is 0.625. The molecule has 0 radical (unpaired) electrons. The maximum atomic E-state index is 10.2. The number of aliphatic hydroxyl groups excluding tert-OH is 1. The van der Waals surface area contributed by atoms with Gasteiger partial charge in [0.1, 0.15) is 0 Å². The average Bonchev–Trinajstić information content (AvgIpc) is 2.03. The van der Waals surface area contributed by atoms with Crippen LogP contribution in [-0.4, -0.2) is 35.4 Å². The zero-order chi connectivity index (χ0) is 9.56. The quantitative estimate of drug-likeness (QED) is 0.494. The van der Waals surface area contributed by atoms with Gasteiger partial charge in [-0.25, -0.2) is 4.79 Å². The summed E-state index contributed by atoms with van der Waals surface area (Å²) in [5, 5.41) is 20.3. The first kappa shape index (κ1) is 11.1. The van der Waals surface area contributed by atoms with E-state index in [0.29, 0.717) is 13.0 Å². The lowest BCUT2D eigenvalue weighted by atomic mass is 10.2. The minimum atomic E-state index is -1.01. The summed E-state index contributed by atoms with van der Waals surface area (Å²) in [6.07, 6.45) is 0.249. The van der Waals surface area contributed by atoms with Crippen LogP contribution in [0.4, 0.5) is 0 Å². The smallest absolute Gasteiger partial charge is 0.332 e. The van der Waals surface area contributed by atoms with Gasteiger partial charge >= 0.3 is 5.97 Å². The van der Waals surface area contributed by atoms with Crippen molar-refractivity contribution < 1.29 is 15.0 Å². The van der Waals surface area contributed by atoms with E-state index in [2.05, 4.69) is 11.9 Å². The van der Waals surface area contributed by atoms with E-state index in [9.17, 15) is 4.79 Å². The predicted molar refractivity (Wildman–Crippen MR) is 45.9 cm³/mol. The predicted octanol–water partition coefficient (Wildman–Crippen LogP) is -0.0123. The van der Waals surface area contributed by atoms with Gasteiger partial charge in [-0.2, -0.15) is 0 Å². The second-order valence-corrected chi connectivity index (χ2v) is 2.60. The summed E-state index contributed by atoms with van der Waals surface area (Å²) in [5.41, 5.74) is 0.110. The van der Waals surface area contributed by atoms with Gasteiger partial charge in [0, 0.05) is 18.7 Å². The lowest BCUT2D eigenvalue weighted by molar-refractivity contribution is -0.132. The third kappa shape index (κ3) is 4.87. The SMILES string of the molecule is C=C(CNCC(O)CC)C(=O)O. The maximum absolute atomic E-state index is 10.2. The van der Waals surface area contributed by atoms with Crippen LogP contribution >= 0.6 is 0 Å². The molecule has 0 fully saturated rings. The highest BCUT2D eigenvalue weighted by atomic mass is 16.4. The van der Waals surface area contributed by atoms with Crippen LogP contribution in [0.25, 0.3) is 0 Å². The fourth-order valence-electron chi connectivity index (χ4n) is 0.610. The van der Waals surface area contributed by atoms with Crippen molar-refractivity contribution in [2.75, 3.05) is 13.1 Å². The standard InChI is InChI=1S/C8H15NO3/c1-3-7(10)5-9-4-6(2)8(11)12/h7,9-10H,2-5H2,1H3,(H,11,12). The molecule has 0 aromatic heterocycles. The number of carboxylic acids is 1. The Labute approximate surface area is 71.9 Å². The van der Waals surface area contributed by atoms with Gasteiger partial charge in [0.25, 0.3) is 0 Å². The Morgan fingerprint density at radius 3 is 2.67 bits per heavy atom. The van der Waals surface area contributed by atoms with Gasteiger partial charge in [-0.15, -0.1) is 0 Å². The number of nitrogens with one attached hydrogen (secondary N) is 1. The van der Waals surface area contributed by atoms with E-state index >= 15 is 0 Å². The second-order valence-electron chi connectivity index (χ2n) is 2.60. The van der Waals surface area contributed by atoms with Crippen molar-refractivity contribution in [1.82, 2.24) is 5.32 Å². The monoisotopic (exact) mass is 173 g/mol. The van der Waals surface area contributed by atoms with Crippen LogP contribution in [0.2, 0.25) is 0 Å². The average molecular weight is 173 g/mol. The van der Waals surface area contributed by atoms with Crippen molar-refractivity contribution in [3.8, 4) is 0 Å². The van der Waals surface area contributed by atoms with Gasteiger partial charge in [0.15, 0.2) is 0 Å². The molecule has 0 rings (SSSR count). The normalized spacial score (nSPS) is 12.5. The van der Waals surface area contributed by atoms with E-state index in [1.54, 1.807) is 0 Å². The van der Waals surface area contributed by atoms with Crippen LogP contribution in [0.1, 0.15) is 13.3 Å². The number of aliphatic hydroxyl groups is 1. The molecule has 0 aliphatic heterocycles. The summed E-state index contributed by atoms with van der Waals surface area (Å²) >= 11 is 0. The molecule has 1 unspecified atom stereocenters. The van der Waals surface area contributed by atoms with Crippen molar-refractivity contribution in [2.45, 2.75) is 19.4 Å². The Morgan fingerprint density at radius 1 is 1.67 bits per heavy atom. The van der Waals surface area contributed by atoms with Gasteiger partial charge in [-0.05, 0) is 6.42 Å². The summed E-state index contributed by atoms with van der Waals surface area (Å²) in [5.74, 6) is -1.01. The number of carbonyl (C=O) groups is 1. The van der Waals surface area contributed by atoms with Crippen LogP contribution in [0.5, 0.6) is 0 Å². The molecule has 0 aromatic rings. The minimum Gasteiger partial charge on any atom is -0.478 e. The molecule has 12 heavy (non-hydrogen) atoms. The first-order valence-electron chi connectivity index (χ1n) is 3.87. The van der Waals surface area contributed by atoms with Crippen molar-refractivity contribution in [1.29, 1.82) is 0 Å². The van der Waals surface area contributed by atoms with E-state index in [1.807, 2.05) is 6.92 Å². The Hall–Kier alpha value is -0.870. The molecule has 0 heterocycles. The number of hydrogen-bond donors (Lipinski definition) is 3. The molecule has 70 valence electrons. The van der Waals surface area contributed by atoms with Crippen molar-refractivity contribution >= 4 is 5.97 Å². The molecule has 4 heteroatoms. The Balaban J connectivity index is 3.44. The lowest BCUT2D eigenvalue weighted by Crippen LogP contribution is -2.29. The largest absolute Gasteiger partial charge is 0.478 e. The number of carboxylic acid groups (broad SMARTS) is 1. The Bertz CT molecular complexity index is 168. The molecule has 0 saturated carbocycles. The van der Waals surface area contributed by atoms with Gasteiger partial charge in [0.05, 0.1) is 6.10 Å². The van der Waals surface area contributed by atoms with Crippen LogP contribution in [0, 0.1) is 0 Å². The van der Waals surface area contributed by atoms with Gasteiger partial charge in [0.2, 0.25) is 0 Å². The van der Waals surface area contributed by atoms with Crippen LogP contribution in [0.3, 0.4) is 0 Å². The summed E-state index contributed by atoms with van der Waals surface area (Å²) in [6, 6.07) is 0. The summed E-state index contributed by atoms with van der Waals surface area (Å²) < 4.78 is 0. The highest BCUT2D eigenvalue weighted by Gasteiger charge is 2.04.